The first-order valence-corrected chi connectivity index (χ1v) is 4.86. The Hall–Kier alpha value is -1.61. The second-order valence-corrected chi connectivity index (χ2v) is 3.53. The summed E-state index contributed by atoms with van der Waals surface area (Å²) in [5, 5.41) is 8.55. The Labute approximate surface area is 88.0 Å². The van der Waals surface area contributed by atoms with E-state index < -0.39 is 5.97 Å². The van der Waals surface area contributed by atoms with Gasteiger partial charge in [-0.25, -0.2) is 4.79 Å². The van der Waals surface area contributed by atoms with Crippen LogP contribution in [0.3, 0.4) is 0 Å². The van der Waals surface area contributed by atoms with Gasteiger partial charge in [0.25, 0.3) is 0 Å². The minimum absolute atomic E-state index is 0.323. The molecule has 0 bridgehead atoms. The molecule has 78 valence electrons. The summed E-state index contributed by atoms with van der Waals surface area (Å²) < 4.78 is 5.15. The molecule has 3 heteroatoms. The lowest BCUT2D eigenvalue weighted by Gasteiger charge is -2.02. The molecule has 1 aromatic carbocycles. The van der Waals surface area contributed by atoms with E-state index in [1.807, 2.05) is 24.3 Å². The van der Waals surface area contributed by atoms with Crippen LogP contribution >= 0.6 is 0 Å². The predicted molar refractivity (Wildman–Crippen MR) is 56.6 cm³/mol. The summed E-state index contributed by atoms with van der Waals surface area (Å²) in [6.45, 7) is 0.816. The van der Waals surface area contributed by atoms with E-state index in [0.29, 0.717) is 6.10 Å². The van der Waals surface area contributed by atoms with Gasteiger partial charge >= 0.3 is 5.97 Å². The van der Waals surface area contributed by atoms with Gasteiger partial charge in [-0.3, -0.25) is 0 Å². The van der Waals surface area contributed by atoms with Crippen molar-refractivity contribution in [2.24, 2.45) is 0 Å². The second kappa shape index (κ2) is 4.28. The van der Waals surface area contributed by atoms with E-state index in [1.165, 1.54) is 0 Å². The fraction of sp³-hybridized carbons (Fsp3) is 0.250. The molecule has 1 aliphatic rings. The quantitative estimate of drug-likeness (QED) is 0.600. The lowest BCUT2D eigenvalue weighted by atomic mass is 10.0. The number of epoxide rings is 1. The monoisotopic (exact) mass is 204 g/mol. The highest BCUT2D eigenvalue weighted by molar-refractivity contribution is 5.85. The number of aliphatic carboxylic acids is 1. The third-order valence-electron chi connectivity index (χ3n) is 2.31. The molecule has 3 nitrogen and oxygen atoms in total. The molecule has 0 saturated carbocycles. The van der Waals surface area contributed by atoms with Crippen molar-refractivity contribution in [2.45, 2.75) is 12.5 Å². The van der Waals surface area contributed by atoms with Gasteiger partial charge in [0, 0.05) is 12.5 Å². The average molecular weight is 204 g/mol. The molecule has 1 aliphatic heterocycles. The van der Waals surface area contributed by atoms with E-state index in [9.17, 15) is 4.79 Å². The van der Waals surface area contributed by atoms with Crippen molar-refractivity contribution >= 4 is 12.0 Å². The Morgan fingerprint density at radius 1 is 1.53 bits per heavy atom. The lowest BCUT2D eigenvalue weighted by Crippen LogP contribution is -1.96. The number of benzene rings is 1. The van der Waals surface area contributed by atoms with E-state index in [4.69, 9.17) is 9.84 Å². The number of carboxylic acid groups (broad SMARTS) is 1. The minimum Gasteiger partial charge on any atom is -0.478 e. The summed E-state index contributed by atoms with van der Waals surface area (Å²) in [4.78, 5) is 10.4. The largest absolute Gasteiger partial charge is 0.478 e. The van der Waals surface area contributed by atoms with Crippen molar-refractivity contribution in [2.75, 3.05) is 6.61 Å². The fourth-order valence-electron chi connectivity index (χ4n) is 1.47. The molecule has 0 amide bonds. The van der Waals surface area contributed by atoms with Gasteiger partial charge in [-0.2, -0.15) is 0 Å². The molecule has 1 saturated heterocycles. The van der Waals surface area contributed by atoms with Crippen molar-refractivity contribution in [3.05, 3.63) is 41.5 Å². The molecule has 1 fully saturated rings. The van der Waals surface area contributed by atoms with Gasteiger partial charge in [-0.05, 0) is 17.2 Å². The van der Waals surface area contributed by atoms with E-state index >= 15 is 0 Å². The number of ether oxygens (including phenoxy) is 1. The average Bonchev–Trinajstić information content (AvgIpc) is 3.00. The molecule has 1 atom stereocenters. The molecular formula is C12H12O3. The van der Waals surface area contributed by atoms with Crippen LogP contribution in [0, 0.1) is 0 Å². The van der Waals surface area contributed by atoms with E-state index in [1.54, 1.807) is 6.08 Å². The van der Waals surface area contributed by atoms with Crippen molar-refractivity contribution in [1.29, 1.82) is 0 Å². The number of hydrogen-bond acceptors (Lipinski definition) is 2. The topological polar surface area (TPSA) is 49.8 Å². The van der Waals surface area contributed by atoms with Crippen LogP contribution in [0.1, 0.15) is 11.1 Å². The maximum Gasteiger partial charge on any atom is 0.328 e. The van der Waals surface area contributed by atoms with Gasteiger partial charge in [0.05, 0.1) is 12.7 Å². The highest BCUT2D eigenvalue weighted by Gasteiger charge is 2.23. The SMILES string of the molecule is O=C(O)/C=C/c1ccccc1CC1CO1. The third kappa shape index (κ3) is 2.92. The Kier molecular flexibility index (Phi) is 2.83. The van der Waals surface area contributed by atoms with Crippen LogP contribution in [-0.4, -0.2) is 23.8 Å². The first-order valence-electron chi connectivity index (χ1n) is 4.86. The minimum atomic E-state index is -0.924. The third-order valence-corrected chi connectivity index (χ3v) is 2.31. The zero-order valence-corrected chi connectivity index (χ0v) is 8.22. The van der Waals surface area contributed by atoms with Gasteiger partial charge in [-0.15, -0.1) is 0 Å². The van der Waals surface area contributed by atoms with Gasteiger partial charge in [-0.1, -0.05) is 24.3 Å². The molecule has 0 aliphatic carbocycles. The fourth-order valence-corrected chi connectivity index (χ4v) is 1.47. The normalized spacial score (nSPS) is 19.3. The zero-order chi connectivity index (χ0) is 10.7. The standard InChI is InChI=1S/C12H12O3/c13-12(14)6-5-9-3-1-2-4-10(9)7-11-8-15-11/h1-6,11H,7-8H2,(H,13,14)/b6-5+. The van der Waals surface area contributed by atoms with Gasteiger partial charge in [0.1, 0.15) is 0 Å². The molecule has 1 aromatic rings. The molecule has 2 rings (SSSR count). The van der Waals surface area contributed by atoms with Crippen molar-refractivity contribution in [3.8, 4) is 0 Å². The van der Waals surface area contributed by atoms with E-state index in [2.05, 4.69) is 0 Å². The molecule has 1 heterocycles. The Balaban J connectivity index is 2.16. The predicted octanol–water partition coefficient (Wildman–Crippen LogP) is 1.73. The highest BCUT2D eigenvalue weighted by atomic mass is 16.6. The molecule has 0 aromatic heterocycles. The smallest absolute Gasteiger partial charge is 0.328 e. The Morgan fingerprint density at radius 2 is 2.27 bits per heavy atom. The van der Waals surface area contributed by atoms with Gasteiger partial charge in [0.2, 0.25) is 0 Å². The van der Waals surface area contributed by atoms with Crippen LogP contribution in [0.25, 0.3) is 6.08 Å². The summed E-state index contributed by atoms with van der Waals surface area (Å²) in [5.41, 5.74) is 2.09. The van der Waals surface area contributed by atoms with Crippen LogP contribution in [0.2, 0.25) is 0 Å². The van der Waals surface area contributed by atoms with Crippen LogP contribution in [0.5, 0.6) is 0 Å². The first-order chi connectivity index (χ1) is 7.25. The lowest BCUT2D eigenvalue weighted by molar-refractivity contribution is -0.131. The van der Waals surface area contributed by atoms with E-state index in [0.717, 1.165) is 30.2 Å². The van der Waals surface area contributed by atoms with Crippen molar-refractivity contribution in [1.82, 2.24) is 0 Å². The van der Waals surface area contributed by atoms with Gasteiger partial charge in [0.15, 0.2) is 0 Å². The number of carbonyl (C=O) groups is 1. The van der Waals surface area contributed by atoms with Crippen LogP contribution in [-0.2, 0) is 16.0 Å². The maximum atomic E-state index is 10.4. The van der Waals surface area contributed by atoms with Crippen LogP contribution in [0.15, 0.2) is 30.3 Å². The summed E-state index contributed by atoms with van der Waals surface area (Å²) >= 11 is 0. The number of rotatable bonds is 4. The molecule has 0 radical (unpaired) electrons. The summed E-state index contributed by atoms with van der Waals surface area (Å²) in [5.74, 6) is -0.924. The van der Waals surface area contributed by atoms with Crippen molar-refractivity contribution in [3.63, 3.8) is 0 Å². The Morgan fingerprint density at radius 3 is 2.93 bits per heavy atom. The van der Waals surface area contributed by atoms with E-state index in [-0.39, 0.29) is 0 Å². The summed E-state index contributed by atoms with van der Waals surface area (Å²) in [7, 11) is 0. The second-order valence-electron chi connectivity index (χ2n) is 3.53. The zero-order valence-electron chi connectivity index (χ0n) is 8.22. The van der Waals surface area contributed by atoms with Gasteiger partial charge < -0.3 is 9.84 Å². The highest BCUT2D eigenvalue weighted by Crippen LogP contribution is 2.19. The van der Waals surface area contributed by atoms with Crippen LogP contribution < -0.4 is 0 Å². The molecular weight excluding hydrogens is 192 g/mol. The maximum absolute atomic E-state index is 10.4. The summed E-state index contributed by atoms with van der Waals surface area (Å²) in [6, 6.07) is 7.77. The number of carboxylic acids is 1. The van der Waals surface area contributed by atoms with Crippen molar-refractivity contribution < 1.29 is 14.6 Å². The van der Waals surface area contributed by atoms with Crippen LogP contribution in [0.4, 0.5) is 0 Å². The number of hydrogen-bond donors (Lipinski definition) is 1. The summed E-state index contributed by atoms with van der Waals surface area (Å²) in [6.07, 6.45) is 3.97. The first kappa shape index (κ1) is 9.93. The molecule has 1 N–H and O–H groups in total. The molecule has 1 unspecified atom stereocenters. The molecule has 15 heavy (non-hydrogen) atoms. The molecule has 0 spiro atoms. The Bertz CT molecular complexity index is 392.